The summed E-state index contributed by atoms with van der Waals surface area (Å²) >= 11 is 1.67. The van der Waals surface area contributed by atoms with Gasteiger partial charge in [-0.25, -0.2) is 0 Å². The summed E-state index contributed by atoms with van der Waals surface area (Å²) in [6.07, 6.45) is 0.924. The van der Waals surface area contributed by atoms with Crippen LogP contribution in [0.25, 0.3) is 0 Å². The van der Waals surface area contributed by atoms with E-state index in [0.717, 1.165) is 18.7 Å². The lowest BCUT2D eigenvalue weighted by molar-refractivity contribution is -0.117. The first-order valence-corrected chi connectivity index (χ1v) is 8.56. The van der Waals surface area contributed by atoms with Crippen molar-refractivity contribution in [2.45, 2.75) is 13.0 Å². The van der Waals surface area contributed by atoms with Crippen LogP contribution >= 0.6 is 11.3 Å². The summed E-state index contributed by atoms with van der Waals surface area (Å²) in [6, 6.07) is 10.1. The molecule has 1 aromatic heterocycles. The molecular weight excluding hydrogens is 308 g/mol. The fourth-order valence-electron chi connectivity index (χ4n) is 2.65. The van der Waals surface area contributed by atoms with Crippen molar-refractivity contribution in [3.63, 3.8) is 0 Å². The molecule has 1 aromatic carbocycles. The highest BCUT2D eigenvalue weighted by molar-refractivity contribution is 7.07. The zero-order valence-electron chi connectivity index (χ0n) is 13.1. The Morgan fingerprint density at radius 2 is 2.17 bits per heavy atom. The number of amides is 1. The summed E-state index contributed by atoms with van der Waals surface area (Å²) in [5.74, 6) is 0.700. The van der Waals surface area contributed by atoms with Crippen molar-refractivity contribution < 1.29 is 4.79 Å². The number of hydrogen-bond acceptors (Lipinski definition) is 3. The van der Waals surface area contributed by atoms with Crippen molar-refractivity contribution in [1.82, 2.24) is 10.6 Å². The summed E-state index contributed by atoms with van der Waals surface area (Å²) in [5.41, 5.74) is 3.47. The Bertz CT molecular complexity index is 696. The minimum absolute atomic E-state index is 0.0634. The summed E-state index contributed by atoms with van der Waals surface area (Å²) in [7, 11) is 1.71. The standard InChI is InChI=1S/C17H20N4OS/c1-18-17(19-10-13-7-9-23-12-13)20-11-16(22)21-8-6-14-4-2-3-5-15(14)21/h2-5,7,9,12H,6,8,10-11H2,1H3,(H2,18,19,20). The van der Waals surface area contributed by atoms with Gasteiger partial charge in [0.15, 0.2) is 5.96 Å². The average Bonchev–Trinajstić information content (AvgIpc) is 3.24. The van der Waals surface area contributed by atoms with Gasteiger partial charge in [0.25, 0.3) is 0 Å². The van der Waals surface area contributed by atoms with E-state index in [1.165, 1.54) is 11.1 Å². The van der Waals surface area contributed by atoms with Crippen LogP contribution < -0.4 is 15.5 Å². The first-order chi connectivity index (χ1) is 11.3. The molecule has 1 aliphatic rings. The predicted octanol–water partition coefficient (Wildman–Crippen LogP) is 2.00. The van der Waals surface area contributed by atoms with E-state index in [1.807, 2.05) is 28.5 Å². The minimum Gasteiger partial charge on any atom is -0.352 e. The third-order valence-corrected chi connectivity index (χ3v) is 4.59. The lowest BCUT2D eigenvalue weighted by Crippen LogP contribution is -2.44. The van der Waals surface area contributed by atoms with Crippen LogP contribution in [0.5, 0.6) is 0 Å². The van der Waals surface area contributed by atoms with Crippen molar-refractivity contribution in [1.29, 1.82) is 0 Å². The smallest absolute Gasteiger partial charge is 0.246 e. The molecule has 0 atom stereocenters. The normalized spacial score (nSPS) is 13.8. The molecule has 2 N–H and O–H groups in total. The molecule has 0 bridgehead atoms. The quantitative estimate of drug-likeness (QED) is 0.667. The maximum absolute atomic E-state index is 12.4. The molecular formula is C17H20N4OS. The second kappa shape index (κ2) is 7.28. The molecule has 2 aromatic rings. The molecule has 1 amide bonds. The summed E-state index contributed by atoms with van der Waals surface area (Å²) in [4.78, 5) is 18.4. The molecule has 0 radical (unpaired) electrons. The molecule has 0 fully saturated rings. The number of carbonyl (C=O) groups excluding carboxylic acids is 1. The molecule has 120 valence electrons. The molecule has 0 saturated heterocycles. The van der Waals surface area contributed by atoms with Gasteiger partial charge in [0, 0.05) is 25.8 Å². The molecule has 23 heavy (non-hydrogen) atoms. The number of thiophene rings is 1. The van der Waals surface area contributed by atoms with E-state index in [9.17, 15) is 4.79 Å². The molecule has 0 aliphatic carbocycles. The molecule has 1 aliphatic heterocycles. The molecule has 5 nitrogen and oxygen atoms in total. The maximum atomic E-state index is 12.4. The Morgan fingerprint density at radius 3 is 2.96 bits per heavy atom. The van der Waals surface area contributed by atoms with E-state index in [-0.39, 0.29) is 12.5 Å². The SMILES string of the molecule is CN=C(NCC(=O)N1CCc2ccccc21)NCc1ccsc1. The average molecular weight is 328 g/mol. The zero-order valence-corrected chi connectivity index (χ0v) is 13.9. The zero-order chi connectivity index (χ0) is 16.1. The van der Waals surface area contributed by atoms with Crippen LogP contribution in [0.4, 0.5) is 5.69 Å². The highest BCUT2D eigenvalue weighted by Gasteiger charge is 2.23. The maximum Gasteiger partial charge on any atom is 0.246 e. The monoisotopic (exact) mass is 328 g/mol. The fourth-order valence-corrected chi connectivity index (χ4v) is 3.32. The molecule has 2 heterocycles. The van der Waals surface area contributed by atoms with Crippen molar-refractivity contribution in [3.8, 4) is 0 Å². The Morgan fingerprint density at radius 1 is 1.30 bits per heavy atom. The number of carbonyl (C=O) groups is 1. The Hall–Kier alpha value is -2.34. The first-order valence-electron chi connectivity index (χ1n) is 7.62. The topological polar surface area (TPSA) is 56.7 Å². The van der Waals surface area contributed by atoms with Crippen molar-refractivity contribution in [2.75, 3.05) is 25.0 Å². The first kappa shape index (κ1) is 15.6. The van der Waals surface area contributed by atoms with Crippen molar-refractivity contribution >= 4 is 28.9 Å². The van der Waals surface area contributed by atoms with Crippen LogP contribution in [0.2, 0.25) is 0 Å². The summed E-state index contributed by atoms with van der Waals surface area (Å²) < 4.78 is 0. The number of guanidine groups is 1. The van der Waals surface area contributed by atoms with E-state index in [2.05, 4.69) is 33.1 Å². The molecule has 3 rings (SSSR count). The molecule has 6 heteroatoms. The van der Waals surface area contributed by atoms with Crippen LogP contribution in [-0.2, 0) is 17.8 Å². The number of rotatable bonds is 4. The highest BCUT2D eigenvalue weighted by Crippen LogP contribution is 2.27. The number of aliphatic imine (C=N–C) groups is 1. The van der Waals surface area contributed by atoms with Gasteiger partial charge in [0.1, 0.15) is 0 Å². The number of nitrogens with one attached hydrogen (secondary N) is 2. The lowest BCUT2D eigenvalue weighted by Gasteiger charge is -2.18. The number of anilines is 1. The third kappa shape index (κ3) is 3.71. The van der Waals surface area contributed by atoms with Crippen LogP contribution in [-0.4, -0.2) is 32.0 Å². The van der Waals surface area contributed by atoms with Crippen LogP contribution in [0.15, 0.2) is 46.1 Å². The third-order valence-electron chi connectivity index (χ3n) is 3.86. The number of nitrogens with zero attached hydrogens (tertiary/aromatic N) is 2. The van der Waals surface area contributed by atoms with Gasteiger partial charge in [-0.05, 0) is 40.4 Å². The summed E-state index contributed by atoms with van der Waals surface area (Å²) in [5, 5.41) is 10.4. The number of fused-ring (bicyclic) bond motifs is 1. The molecule has 0 spiro atoms. The highest BCUT2D eigenvalue weighted by atomic mass is 32.1. The van der Waals surface area contributed by atoms with E-state index in [1.54, 1.807) is 18.4 Å². The van der Waals surface area contributed by atoms with Gasteiger partial charge in [-0.1, -0.05) is 18.2 Å². The number of para-hydroxylation sites is 1. The van der Waals surface area contributed by atoms with E-state index < -0.39 is 0 Å². The van der Waals surface area contributed by atoms with Gasteiger partial charge in [0.2, 0.25) is 5.91 Å². The number of hydrogen-bond donors (Lipinski definition) is 2. The Balaban J connectivity index is 1.52. The number of benzene rings is 1. The second-order valence-electron chi connectivity index (χ2n) is 5.34. The molecule has 0 unspecified atom stereocenters. The minimum atomic E-state index is 0.0634. The van der Waals surface area contributed by atoms with Gasteiger partial charge in [-0.15, -0.1) is 0 Å². The Kier molecular flexibility index (Phi) is 4.92. The van der Waals surface area contributed by atoms with Crippen molar-refractivity contribution in [2.24, 2.45) is 4.99 Å². The van der Waals surface area contributed by atoms with Crippen LogP contribution in [0.3, 0.4) is 0 Å². The van der Waals surface area contributed by atoms with Gasteiger partial charge in [-0.3, -0.25) is 9.79 Å². The fraction of sp³-hybridized carbons (Fsp3) is 0.294. The van der Waals surface area contributed by atoms with E-state index in [4.69, 9.17) is 0 Å². The van der Waals surface area contributed by atoms with Gasteiger partial charge in [-0.2, -0.15) is 11.3 Å². The Labute approximate surface area is 140 Å². The summed E-state index contributed by atoms with van der Waals surface area (Å²) in [6.45, 7) is 1.68. The van der Waals surface area contributed by atoms with Gasteiger partial charge in [0.05, 0.1) is 6.54 Å². The van der Waals surface area contributed by atoms with Gasteiger partial charge >= 0.3 is 0 Å². The van der Waals surface area contributed by atoms with E-state index in [0.29, 0.717) is 12.5 Å². The lowest BCUT2D eigenvalue weighted by atomic mass is 10.2. The van der Waals surface area contributed by atoms with E-state index >= 15 is 0 Å². The van der Waals surface area contributed by atoms with Crippen molar-refractivity contribution in [3.05, 3.63) is 52.2 Å². The van der Waals surface area contributed by atoms with Crippen LogP contribution in [0.1, 0.15) is 11.1 Å². The largest absolute Gasteiger partial charge is 0.352 e. The molecule has 0 saturated carbocycles. The second-order valence-corrected chi connectivity index (χ2v) is 6.12. The predicted molar refractivity (Wildman–Crippen MR) is 95.0 cm³/mol. The van der Waals surface area contributed by atoms with Gasteiger partial charge < -0.3 is 15.5 Å². The van der Waals surface area contributed by atoms with Crippen LogP contribution in [0, 0.1) is 0 Å².